The fraction of sp³-hybridized carbons (Fsp3) is 0.375. The van der Waals surface area contributed by atoms with Gasteiger partial charge in [-0.3, -0.25) is 15.3 Å². The Hall–Kier alpha value is -3.03. The van der Waals surface area contributed by atoms with E-state index in [0.29, 0.717) is 5.56 Å². The zero-order valence-electron chi connectivity index (χ0n) is 18.4. The molecule has 0 saturated heterocycles. The van der Waals surface area contributed by atoms with Crippen LogP contribution in [-0.4, -0.2) is 39.3 Å². The minimum atomic E-state index is -1.85. The van der Waals surface area contributed by atoms with Crippen LogP contribution < -0.4 is 5.73 Å². The van der Waals surface area contributed by atoms with E-state index in [0.717, 1.165) is 11.1 Å². The Kier molecular flexibility index (Phi) is 9.55. The molecular formula is C24H31NO6. The van der Waals surface area contributed by atoms with E-state index in [4.69, 9.17) is 15.6 Å². The van der Waals surface area contributed by atoms with Crippen LogP contribution in [0.3, 0.4) is 0 Å². The molecule has 31 heavy (non-hydrogen) atoms. The topological polar surface area (TPSA) is 127 Å². The van der Waals surface area contributed by atoms with Gasteiger partial charge >= 0.3 is 11.9 Å². The van der Waals surface area contributed by atoms with Crippen molar-refractivity contribution in [2.45, 2.75) is 58.3 Å². The van der Waals surface area contributed by atoms with Gasteiger partial charge in [-0.15, -0.1) is 0 Å². The monoisotopic (exact) mass is 429 g/mol. The van der Waals surface area contributed by atoms with E-state index in [9.17, 15) is 19.5 Å². The van der Waals surface area contributed by atoms with Crippen LogP contribution in [0.15, 0.2) is 54.6 Å². The predicted molar refractivity (Wildman–Crippen MR) is 118 cm³/mol. The van der Waals surface area contributed by atoms with Crippen molar-refractivity contribution < 1.29 is 29.3 Å². The first-order valence-corrected chi connectivity index (χ1v) is 10.0. The van der Waals surface area contributed by atoms with Crippen LogP contribution in [0.5, 0.6) is 0 Å². The third kappa shape index (κ3) is 9.55. The van der Waals surface area contributed by atoms with Crippen LogP contribution in [-0.2, 0) is 14.3 Å². The summed E-state index contributed by atoms with van der Waals surface area (Å²) >= 11 is 0. The van der Waals surface area contributed by atoms with Crippen molar-refractivity contribution in [1.82, 2.24) is 0 Å². The van der Waals surface area contributed by atoms with E-state index < -0.39 is 23.3 Å². The highest BCUT2D eigenvalue weighted by Crippen LogP contribution is 2.20. The number of esters is 1. The van der Waals surface area contributed by atoms with Crippen LogP contribution >= 0.6 is 0 Å². The molecule has 0 aliphatic heterocycles. The number of carboxylic acid groups (broad SMARTS) is 1. The summed E-state index contributed by atoms with van der Waals surface area (Å²) in [5, 5.41) is 17.8. The first-order valence-electron chi connectivity index (χ1n) is 10.0. The number of carboxylic acids is 1. The molecule has 0 fully saturated rings. The Balaban J connectivity index is 0.000000348. The molecule has 0 aliphatic rings. The molecule has 2 aromatic rings. The highest BCUT2D eigenvalue weighted by atomic mass is 16.6. The Morgan fingerprint density at radius 1 is 0.903 bits per heavy atom. The fourth-order valence-corrected chi connectivity index (χ4v) is 2.35. The molecule has 2 aromatic carbocycles. The first kappa shape index (κ1) is 26.0. The maximum absolute atomic E-state index is 11.7. The molecular weight excluding hydrogens is 398 g/mol. The van der Waals surface area contributed by atoms with E-state index in [1.54, 1.807) is 39.8 Å². The second kappa shape index (κ2) is 11.4. The summed E-state index contributed by atoms with van der Waals surface area (Å²) < 4.78 is 4.88. The molecule has 0 aliphatic carbocycles. The van der Waals surface area contributed by atoms with Crippen LogP contribution in [0.4, 0.5) is 0 Å². The van der Waals surface area contributed by atoms with Gasteiger partial charge in [-0.2, -0.15) is 0 Å². The van der Waals surface area contributed by atoms with E-state index in [2.05, 4.69) is 0 Å². The van der Waals surface area contributed by atoms with Gasteiger partial charge in [0.15, 0.2) is 5.78 Å². The van der Waals surface area contributed by atoms with Gasteiger partial charge in [-0.25, -0.2) is 4.79 Å². The van der Waals surface area contributed by atoms with E-state index in [1.165, 1.54) is 0 Å². The van der Waals surface area contributed by atoms with E-state index >= 15 is 0 Å². The molecule has 0 radical (unpaired) electrons. The number of rotatable bonds is 7. The third-order valence-electron chi connectivity index (χ3n) is 4.17. The SMILES string of the molecule is CCC(N)(O)C(=O)OC(C)(C)C.O=C(O)CCC(=O)c1ccc(-c2ccccc2)cc1. The lowest BCUT2D eigenvalue weighted by atomic mass is 10.0. The van der Waals surface area contributed by atoms with Crippen LogP contribution in [0, 0.1) is 0 Å². The summed E-state index contributed by atoms with van der Waals surface area (Å²) in [5.74, 6) is -1.87. The molecule has 1 unspecified atom stereocenters. The molecule has 2 rings (SSSR count). The van der Waals surface area contributed by atoms with Crippen LogP contribution in [0.1, 0.15) is 57.3 Å². The number of aliphatic carboxylic acids is 1. The Labute approximate surface area is 182 Å². The van der Waals surface area contributed by atoms with Crippen molar-refractivity contribution in [2.75, 3.05) is 0 Å². The summed E-state index contributed by atoms with van der Waals surface area (Å²) in [7, 11) is 0. The molecule has 4 N–H and O–H groups in total. The molecule has 0 amide bonds. The van der Waals surface area contributed by atoms with E-state index in [1.807, 2.05) is 42.5 Å². The number of nitrogens with two attached hydrogens (primary N) is 1. The summed E-state index contributed by atoms with van der Waals surface area (Å²) in [6, 6.07) is 17.1. The number of benzene rings is 2. The molecule has 0 spiro atoms. The molecule has 0 saturated carbocycles. The molecule has 7 nitrogen and oxygen atoms in total. The Morgan fingerprint density at radius 3 is 1.87 bits per heavy atom. The van der Waals surface area contributed by atoms with Crippen molar-refractivity contribution in [3.8, 4) is 11.1 Å². The second-order valence-corrected chi connectivity index (χ2v) is 8.04. The lowest BCUT2D eigenvalue weighted by molar-refractivity contribution is -0.177. The Bertz CT molecular complexity index is 867. The molecule has 168 valence electrons. The Morgan fingerprint density at radius 2 is 1.42 bits per heavy atom. The number of hydrogen-bond acceptors (Lipinski definition) is 6. The number of ether oxygens (including phenoxy) is 1. The second-order valence-electron chi connectivity index (χ2n) is 8.04. The number of ketones is 1. The largest absolute Gasteiger partial charge is 0.481 e. The minimum absolute atomic E-state index is 0.0417. The van der Waals surface area contributed by atoms with Crippen molar-refractivity contribution >= 4 is 17.7 Å². The van der Waals surface area contributed by atoms with Crippen molar-refractivity contribution in [2.24, 2.45) is 5.73 Å². The number of Topliss-reactive ketones (excluding diaryl/α,β-unsaturated/α-hetero) is 1. The maximum atomic E-state index is 11.7. The van der Waals surface area contributed by atoms with Crippen molar-refractivity contribution in [3.05, 3.63) is 60.2 Å². The normalized spacial score (nSPS) is 12.7. The summed E-state index contributed by atoms with van der Waals surface area (Å²) in [5.41, 5.74) is 5.47. The summed E-state index contributed by atoms with van der Waals surface area (Å²) in [6.45, 7) is 6.77. The fourth-order valence-electron chi connectivity index (χ4n) is 2.35. The highest BCUT2D eigenvalue weighted by molar-refractivity contribution is 5.97. The average Bonchev–Trinajstić information content (AvgIpc) is 2.72. The standard InChI is InChI=1S/C16H14O3.C8H17NO3/c17-15(10-11-16(18)19)14-8-6-13(7-9-14)12-4-2-1-3-5-12;1-5-8(9,11)6(10)12-7(2,3)4/h1-9H,10-11H2,(H,18,19);11H,5,9H2,1-4H3. The molecule has 7 heteroatoms. The lowest BCUT2D eigenvalue weighted by Gasteiger charge is -2.26. The van der Waals surface area contributed by atoms with Gasteiger partial charge in [0.05, 0.1) is 6.42 Å². The van der Waals surface area contributed by atoms with Crippen molar-refractivity contribution in [3.63, 3.8) is 0 Å². The zero-order valence-corrected chi connectivity index (χ0v) is 18.4. The van der Waals surface area contributed by atoms with E-state index in [-0.39, 0.29) is 25.0 Å². The highest BCUT2D eigenvalue weighted by Gasteiger charge is 2.33. The van der Waals surface area contributed by atoms with Crippen LogP contribution in [0.25, 0.3) is 11.1 Å². The number of carbonyl (C=O) groups excluding carboxylic acids is 2. The third-order valence-corrected chi connectivity index (χ3v) is 4.17. The molecule has 0 aromatic heterocycles. The maximum Gasteiger partial charge on any atom is 0.353 e. The quantitative estimate of drug-likeness (QED) is 0.347. The number of carbonyl (C=O) groups is 3. The average molecular weight is 430 g/mol. The molecule has 0 heterocycles. The van der Waals surface area contributed by atoms with Gasteiger partial charge in [-0.05, 0) is 38.3 Å². The molecule has 0 bridgehead atoms. The lowest BCUT2D eigenvalue weighted by Crippen LogP contribution is -2.50. The van der Waals surface area contributed by atoms with Gasteiger partial charge in [-0.1, -0.05) is 61.5 Å². The number of aliphatic hydroxyl groups is 1. The molecule has 1 atom stereocenters. The summed E-state index contributed by atoms with van der Waals surface area (Å²) in [6.07, 6.45) is 0.0567. The van der Waals surface area contributed by atoms with Gasteiger partial charge in [0.25, 0.3) is 0 Å². The number of hydrogen-bond donors (Lipinski definition) is 3. The zero-order chi connectivity index (χ0) is 23.7. The smallest absolute Gasteiger partial charge is 0.353 e. The minimum Gasteiger partial charge on any atom is -0.481 e. The van der Waals surface area contributed by atoms with Gasteiger partial charge < -0.3 is 14.9 Å². The van der Waals surface area contributed by atoms with Gasteiger partial charge in [0.2, 0.25) is 5.72 Å². The predicted octanol–water partition coefficient (Wildman–Crippen LogP) is 3.79. The van der Waals surface area contributed by atoms with Gasteiger partial charge in [0.1, 0.15) is 5.60 Å². The van der Waals surface area contributed by atoms with Crippen LogP contribution in [0.2, 0.25) is 0 Å². The van der Waals surface area contributed by atoms with Crippen molar-refractivity contribution in [1.29, 1.82) is 0 Å². The van der Waals surface area contributed by atoms with Gasteiger partial charge in [0, 0.05) is 12.0 Å². The summed E-state index contributed by atoms with van der Waals surface area (Å²) in [4.78, 5) is 33.3. The first-order chi connectivity index (χ1) is 14.4.